The molecule has 1 aromatic heterocycles. The number of nitrogens with zero attached hydrogens (tertiary/aromatic N) is 5. The van der Waals surface area contributed by atoms with Gasteiger partial charge in [-0.3, -0.25) is 4.79 Å². The van der Waals surface area contributed by atoms with E-state index >= 15 is 0 Å². The fourth-order valence-electron chi connectivity index (χ4n) is 3.88. The molecule has 1 aliphatic heterocycles. The Balaban J connectivity index is 1.37. The predicted octanol–water partition coefficient (Wildman–Crippen LogP) is 2.69. The molecule has 1 saturated carbocycles. The van der Waals surface area contributed by atoms with Gasteiger partial charge in [-0.15, -0.1) is 5.10 Å². The third kappa shape index (κ3) is 4.52. The lowest BCUT2D eigenvalue weighted by Gasteiger charge is -2.16. The number of aromatic nitrogens is 4. The fourth-order valence-corrected chi connectivity index (χ4v) is 6.26. The zero-order chi connectivity index (χ0) is 21.1. The second-order valence-corrected chi connectivity index (χ2v) is 11.0. The Morgan fingerprint density at radius 1 is 1.13 bits per heavy atom. The van der Waals surface area contributed by atoms with Crippen molar-refractivity contribution in [3.63, 3.8) is 0 Å². The van der Waals surface area contributed by atoms with E-state index in [1.54, 1.807) is 31.2 Å². The van der Waals surface area contributed by atoms with Crippen LogP contribution in [-0.2, 0) is 14.8 Å². The molecule has 2 aliphatic rings. The molecule has 1 N–H and O–H groups in total. The summed E-state index contributed by atoms with van der Waals surface area (Å²) in [4.78, 5) is 12.9. The van der Waals surface area contributed by atoms with Crippen molar-refractivity contribution in [2.75, 3.05) is 18.4 Å². The van der Waals surface area contributed by atoms with Crippen molar-refractivity contribution in [3.8, 4) is 0 Å². The number of hydrogen-bond acceptors (Lipinski definition) is 7. The number of anilines is 1. The minimum atomic E-state index is -3.46. The largest absolute Gasteiger partial charge is 0.325 e. The van der Waals surface area contributed by atoms with Gasteiger partial charge in [0.25, 0.3) is 0 Å². The highest BCUT2D eigenvalue weighted by Crippen LogP contribution is 2.32. The first-order valence-corrected chi connectivity index (χ1v) is 12.6. The first-order chi connectivity index (χ1) is 14.4. The molecule has 1 aliphatic carbocycles. The molecule has 1 atom stereocenters. The van der Waals surface area contributed by atoms with Gasteiger partial charge in [0.15, 0.2) is 0 Å². The lowest BCUT2D eigenvalue weighted by Crippen LogP contribution is -2.28. The zero-order valence-electron chi connectivity index (χ0n) is 16.9. The molecule has 1 saturated heterocycles. The Hall–Kier alpha value is -1.98. The van der Waals surface area contributed by atoms with Crippen molar-refractivity contribution in [1.29, 1.82) is 0 Å². The Bertz CT molecular complexity index is 980. The van der Waals surface area contributed by atoms with Gasteiger partial charge in [-0.05, 0) is 67.3 Å². The summed E-state index contributed by atoms with van der Waals surface area (Å²) in [6, 6.07) is 6.65. The summed E-state index contributed by atoms with van der Waals surface area (Å²) < 4.78 is 28.6. The minimum absolute atomic E-state index is 0.184. The number of hydrogen-bond donors (Lipinski definition) is 1. The Morgan fingerprint density at radius 2 is 1.80 bits per heavy atom. The number of tetrazole rings is 1. The molecule has 1 amide bonds. The van der Waals surface area contributed by atoms with E-state index in [0.717, 1.165) is 25.7 Å². The van der Waals surface area contributed by atoms with Crippen molar-refractivity contribution in [1.82, 2.24) is 24.5 Å². The van der Waals surface area contributed by atoms with Crippen LogP contribution in [0.25, 0.3) is 0 Å². The molecule has 2 fully saturated rings. The van der Waals surface area contributed by atoms with E-state index < -0.39 is 15.3 Å². The maximum Gasteiger partial charge on any atom is 0.243 e. The smallest absolute Gasteiger partial charge is 0.243 e. The first-order valence-electron chi connectivity index (χ1n) is 10.3. The van der Waals surface area contributed by atoms with E-state index in [-0.39, 0.29) is 10.8 Å². The number of rotatable bonds is 7. The average molecular weight is 451 g/mol. The van der Waals surface area contributed by atoms with Gasteiger partial charge >= 0.3 is 0 Å². The molecule has 162 valence electrons. The van der Waals surface area contributed by atoms with Crippen LogP contribution < -0.4 is 5.32 Å². The van der Waals surface area contributed by atoms with Crippen LogP contribution in [0.15, 0.2) is 34.3 Å². The van der Waals surface area contributed by atoms with E-state index in [1.165, 1.54) is 28.9 Å². The van der Waals surface area contributed by atoms with Crippen LogP contribution in [0.4, 0.5) is 5.69 Å². The molecular formula is C19H26N6O3S2. The molecule has 30 heavy (non-hydrogen) atoms. The highest BCUT2D eigenvalue weighted by atomic mass is 32.2. The van der Waals surface area contributed by atoms with Crippen LogP contribution >= 0.6 is 11.8 Å². The van der Waals surface area contributed by atoms with E-state index in [9.17, 15) is 13.2 Å². The standard InChI is InChI=1S/C19H26N6O3S2/c1-14(29-19-21-22-23-25(19)16-6-2-3-7-16)18(26)20-15-8-10-17(11-9-15)30(27,28)24-12-4-5-13-24/h8-11,14,16H,2-7,12-13H2,1H3,(H,20,26). The Kier molecular flexibility index (Phi) is 6.40. The second-order valence-electron chi connectivity index (χ2n) is 7.73. The van der Waals surface area contributed by atoms with E-state index in [1.807, 2.05) is 4.68 Å². The molecule has 11 heteroatoms. The van der Waals surface area contributed by atoms with Crippen LogP contribution in [0.3, 0.4) is 0 Å². The van der Waals surface area contributed by atoms with Crippen LogP contribution in [-0.4, -0.2) is 57.2 Å². The molecule has 9 nitrogen and oxygen atoms in total. The molecule has 1 aromatic carbocycles. The van der Waals surface area contributed by atoms with Gasteiger partial charge < -0.3 is 5.32 Å². The van der Waals surface area contributed by atoms with E-state index in [0.29, 0.717) is 30.0 Å². The van der Waals surface area contributed by atoms with Crippen molar-refractivity contribution in [2.24, 2.45) is 0 Å². The van der Waals surface area contributed by atoms with Crippen molar-refractivity contribution in [2.45, 2.75) is 66.8 Å². The number of carbonyl (C=O) groups is 1. The molecule has 0 radical (unpaired) electrons. The molecule has 2 aromatic rings. The highest BCUT2D eigenvalue weighted by Gasteiger charge is 2.27. The van der Waals surface area contributed by atoms with Gasteiger partial charge in [-0.1, -0.05) is 24.6 Å². The number of amides is 1. The number of sulfonamides is 1. The van der Waals surface area contributed by atoms with Gasteiger partial charge in [-0.2, -0.15) is 4.31 Å². The lowest BCUT2D eigenvalue weighted by atomic mass is 10.3. The summed E-state index contributed by atoms with van der Waals surface area (Å²) in [5, 5.41) is 15.1. The minimum Gasteiger partial charge on any atom is -0.325 e. The topological polar surface area (TPSA) is 110 Å². The first kappa shape index (κ1) is 21.3. The SMILES string of the molecule is CC(Sc1nnnn1C1CCCC1)C(=O)Nc1ccc(S(=O)(=O)N2CCCC2)cc1. The number of carbonyl (C=O) groups excluding carboxylic acids is 1. The molecular weight excluding hydrogens is 424 g/mol. The van der Waals surface area contributed by atoms with Gasteiger partial charge in [0.05, 0.1) is 16.2 Å². The number of thioether (sulfide) groups is 1. The van der Waals surface area contributed by atoms with E-state index in [4.69, 9.17) is 0 Å². The van der Waals surface area contributed by atoms with Gasteiger partial charge in [0.2, 0.25) is 21.1 Å². The summed E-state index contributed by atoms with van der Waals surface area (Å²) >= 11 is 1.33. The van der Waals surface area contributed by atoms with Crippen molar-refractivity contribution < 1.29 is 13.2 Å². The highest BCUT2D eigenvalue weighted by molar-refractivity contribution is 8.00. The number of benzene rings is 1. The number of nitrogens with one attached hydrogen (secondary N) is 1. The van der Waals surface area contributed by atoms with Crippen LogP contribution in [0, 0.1) is 0 Å². The third-order valence-electron chi connectivity index (χ3n) is 5.61. The molecule has 0 bridgehead atoms. The Morgan fingerprint density at radius 3 is 2.47 bits per heavy atom. The van der Waals surface area contributed by atoms with Crippen LogP contribution in [0.1, 0.15) is 51.5 Å². The van der Waals surface area contributed by atoms with Crippen LogP contribution in [0.5, 0.6) is 0 Å². The summed E-state index contributed by atoms with van der Waals surface area (Å²) in [6.07, 6.45) is 6.26. The summed E-state index contributed by atoms with van der Waals surface area (Å²) in [5.74, 6) is -0.184. The van der Waals surface area contributed by atoms with Crippen LogP contribution in [0.2, 0.25) is 0 Å². The monoisotopic (exact) mass is 450 g/mol. The lowest BCUT2D eigenvalue weighted by molar-refractivity contribution is -0.115. The normalized spacial score (nSPS) is 19.2. The summed E-state index contributed by atoms with van der Waals surface area (Å²) in [7, 11) is -3.46. The van der Waals surface area contributed by atoms with Gasteiger partial charge in [-0.25, -0.2) is 13.1 Å². The second kappa shape index (κ2) is 9.03. The predicted molar refractivity (Wildman–Crippen MR) is 114 cm³/mol. The van der Waals surface area contributed by atoms with Gasteiger partial charge in [0.1, 0.15) is 0 Å². The van der Waals surface area contributed by atoms with Gasteiger partial charge in [0, 0.05) is 18.8 Å². The molecule has 0 spiro atoms. The van der Waals surface area contributed by atoms with Crippen molar-refractivity contribution >= 4 is 33.4 Å². The quantitative estimate of drug-likeness (QED) is 0.646. The maximum atomic E-state index is 12.6. The van der Waals surface area contributed by atoms with Crippen molar-refractivity contribution in [3.05, 3.63) is 24.3 Å². The fraction of sp³-hybridized carbons (Fsp3) is 0.579. The Labute approximate surface area is 180 Å². The molecule has 4 rings (SSSR count). The summed E-state index contributed by atoms with van der Waals surface area (Å²) in [6.45, 7) is 2.94. The zero-order valence-corrected chi connectivity index (χ0v) is 18.5. The molecule has 1 unspecified atom stereocenters. The molecule has 2 heterocycles. The maximum absolute atomic E-state index is 12.6. The van der Waals surface area contributed by atoms with E-state index in [2.05, 4.69) is 20.8 Å². The summed E-state index contributed by atoms with van der Waals surface area (Å²) in [5.41, 5.74) is 0.559. The average Bonchev–Trinajstić information content (AvgIpc) is 3.49. The third-order valence-corrected chi connectivity index (χ3v) is 8.57.